The number of aromatic amines is 1. The monoisotopic (exact) mass is 330 g/mol. The van der Waals surface area contributed by atoms with Crippen molar-refractivity contribution in [2.45, 2.75) is 0 Å². The van der Waals surface area contributed by atoms with E-state index in [2.05, 4.69) is 15.3 Å². The summed E-state index contributed by atoms with van der Waals surface area (Å²) >= 11 is 0. The molecule has 6 heteroatoms. The summed E-state index contributed by atoms with van der Waals surface area (Å²) in [5.41, 5.74) is 3.09. The summed E-state index contributed by atoms with van der Waals surface area (Å²) in [5.74, 6) is -0.0296. The smallest absolute Gasteiger partial charge is 0.291 e. The van der Waals surface area contributed by atoms with Crippen LogP contribution in [0.1, 0.15) is 10.6 Å². The molecule has 2 heterocycles. The Bertz CT molecular complexity index is 1060. The second kappa shape index (κ2) is 6.09. The van der Waals surface area contributed by atoms with Crippen molar-refractivity contribution in [3.63, 3.8) is 0 Å². The third-order valence-corrected chi connectivity index (χ3v) is 3.83. The van der Waals surface area contributed by atoms with E-state index in [1.165, 1.54) is 12.1 Å². The van der Waals surface area contributed by atoms with E-state index in [4.69, 9.17) is 0 Å². The number of carbonyl (C=O) groups excluding carboxylic acids is 1. The molecule has 0 fully saturated rings. The van der Waals surface area contributed by atoms with Crippen LogP contribution in [0.5, 0.6) is 0 Å². The minimum Gasteiger partial charge on any atom is -0.334 e. The Morgan fingerprint density at radius 1 is 0.960 bits per heavy atom. The van der Waals surface area contributed by atoms with Crippen LogP contribution in [0.15, 0.2) is 77.9 Å². The van der Waals surface area contributed by atoms with Gasteiger partial charge >= 0.3 is 0 Å². The molecule has 0 radical (unpaired) electrons. The Morgan fingerprint density at radius 2 is 1.68 bits per heavy atom. The fraction of sp³-hybridized carbons (Fsp3) is 0. The van der Waals surface area contributed by atoms with E-state index in [0.29, 0.717) is 5.69 Å². The van der Waals surface area contributed by atoms with Crippen LogP contribution < -0.4 is 10.7 Å². The summed E-state index contributed by atoms with van der Waals surface area (Å²) in [7, 11) is 0. The Kier molecular flexibility index (Phi) is 3.63. The second-order valence-electron chi connectivity index (χ2n) is 5.54. The average Bonchev–Trinajstić information content (AvgIpc) is 3.07. The summed E-state index contributed by atoms with van der Waals surface area (Å²) in [6.07, 6.45) is 3.40. The minimum absolute atomic E-state index is 0.0361. The van der Waals surface area contributed by atoms with E-state index in [1.807, 2.05) is 41.0 Å². The number of aromatic nitrogens is 3. The van der Waals surface area contributed by atoms with Crippen molar-refractivity contribution in [2.75, 3.05) is 5.32 Å². The maximum absolute atomic E-state index is 12.3. The van der Waals surface area contributed by atoms with E-state index in [9.17, 15) is 9.59 Å². The van der Waals surface area contributed by atoms with Crippen molar-refractivity contribution in [2.24, 2.45) is 0 Å². The minimum atomic E-state index is -0.299. The summed E-state index contributed by atoms with van der Waals surface area (Å²) in [4.78, 5) is 30.8. The predicted octanol–water partition coefficient (Wildman–Crippen LogP) is 2.97. The quantitative estimate of drug-likeness (QED) is 0.606. The zero-order valence-corrected chi connectivity index (χ0v) is 13.1. The highest BCUT2D eigenvalue weighted by molar-refractivity contribution is 6.03. The zero-order chi connectivity index (χ0) is 17.2. The number of imidazole rings is 1. The van der Waals surface area contributed by atoms with Crippen molar-refractivity contribution in [3.8, 4) is 5.69 Å². The number of hydrogen-bond donors (Lipinski definition) is 2. The summed E-state index contributed by atoms with van der Waals surface area (Å²) in [6, 6.07) is 17.8. The summed E-state index contributed by atoms with van der Waals surface area (Å²) in [5, 5.41) is 2.82. The first-order valence-electron chi connectivity index (χ1n) is 7.74. The number of para-hydroxylation sites is 2. The van der Waals surface area contributed by atoms with Crippen LogP contribution in [0, 0.1) is 0 Å². The fourth-order valence-corrected chi connectivity index (χ4v) is 2.55. The van der Waals surface area contributed by atoms with Crippen molar-refractivity contribution in [3.05, 3.63) is 89.1 Å². The van der Waals surface area contributed by atoms with E-state index >= 15 is 0 Å². The molecule has 0 aliphatic rings. The maximum Gasteiger partial charge on any atom is 0.291 e. The number of amides is 1. The van der Waals surface area contributed by atoms with Gasteiger partial charge in [0.15, 0.2) is 11.3 Å². The molecule has 0 aliphatic carbocycles. The molecular weight excluding hydrogens is 316 g/mol. The Morgan fingerprint density at radius 3 is 2.40 bits per heavy atom. The van der Waals surface area contributed by atoms with Gasteiger partial charge < -0.3 is 14.9 Å². The van der Waals surface area contributed by atoms with E-state index in [0.717, 1.165) is 16.7 Å². The average molecular weight is 330 g/mol. The van der Waals surface area contributed by atoms with Gasteiger partial charge in [0, 0.05) is 35.9 Å². The van der Waals surface area contributed by atoms with Gasteiger partial charge in [0.25, 0.3) is 5.91 Å². The van der Waals surface area contributed by atoms with Gasteiger partial charge in [-0.25, -0.2) is 4.98 Å². The highest BCUT2D eigenvalue weighted by Gasteiger charge is 2.11. The van der Waals surface area contributed by atoms with Gasteiger partial charge in [-0.05, 0) is 36.4 Å². The molecule has 0 aliphatic heterocycles. The molecule has 0 saturated heterocycles. The summed E-state index contributed by atoms with van der Waals surface area (Å²) < 4.78 is 1.83. The number of fused-ring (bicyclic) bond motifs is 1. The highest BCUT2D eigenvalue weighted by Crippen LogP contribution is 2.15. The zero-order valence-electron chi connectivity index (χ0n) is 13.1. The van der Waals surface area contributed by atoms with E-state index < -0.39 is 0 Å². The van der Waals surface area contributed by atoms with Gasteiger partial charge in [-0.3, -0.25) is 9.59 Å². The number of carbonyl (C=O) groups is 1. The Hall–Kier alpha value is -3.67. The number of nitrogens with zero attached hydrogens (tertiary/aromatic N) is 2. The molecule has 2 aromatic carbocycles. The number of nitrogens with one attached hydrogen (secondary N) is 2. The maximum atomic E-state index is 12.3. The molecule has 4 aromatic rings. The van der Waals surface area contributed by atoms with Crippen molar-refractivity contribution >= 4 is 22.6 Å². The topological polar surface area (TPSA) is 79.8 Å². The Balaban J connectivity index is 1.53. The molecule has 0 spiro atoms. The number of rotatable bonds is 3. The van der Waals surface area contributed by atoms with Crippen molar-refractivity contribution in [1.29, 1.82) is 0 Å². The molecule has 122 valence electrons. The first-order chi connectivity index (χ1) is 12.2. The van der Waals surface area contributed by atoms with Crippen molar-refractivity contribution < 1.29 is 4.79 Å². The Labute approximate surface area is 142 Å². The van der Waals surface area contributed by atoms with Gasteiger partial charge in [-0.1, -0.05) is 12.1 Å². The molecule has 6 nitrogen and oxygen atoms in total. The third kappa shape index (κ3) is 3.05. The summed E-state index contributed by atoms with van der Waals surface area (Å²) in [6.45, 7) is 0. The largest absolute Gasteiger partial charge is 0.334 e. The van der Waals surface area contributed by atoms with Crippen molar-refractivity contribution in [1.82, 2.24) is 14.5 Å². The van der Waals surface area contributed by atoms with Gasteiger partial charge in [0.2, 0.25) is 0 Å². The number of hydrogen-bond acceptors (Lipinski definition) is 3. The molecule has 0 unspecified atom stereocenters. The number of anilines is 1. The van der Waals surface area contributed by atoms with Crippen LogP contribution in [0.2, 0.25) is 0 Å². The lowest BCUT2D eigenvalue weighted by Crippen LogP contribution is -2.13. The molecule has 0 saturated carbocycles. The molecule has 0 bridgehead atoms. The highest BCUT2D eigenvalue weighted by atomic mass is 16.2. The molecule has 4 rings (SSSR count). The van der Waals surface area contributed by atoms with Crippen LogP contribution >= 0.6 is 0 Å². The van der Waals surface area contributed by atoms with Gasteiger partial charge in [0.1, 0.15) is 0 Å². The standard InChI is InChI=1S/C19H14N4O2/c24-15-9-11-23(12-10-15)14-7-5-13(6-8-14)20-19(25)18-21-16-3-1-2-4-17(16)22-18/h1-12H,(H,20,25)(H,21,22). The molecule has 1 amide bonds. The van der Waals surface area contributed by atoms with Gasteiger partial charge in [-0.15, -0.1) is 0 Å². The first-order valence-corrected chi connectivity index (χ1v) is 7.74. The lowest BCUT2D eigenvalue weighted by atomic mass is 10.2. The normalized spacial score (nSPS) is 10.7. The van der Waals surface area contributed by atoms with Crippen LogP contribution in [0.25, 0.3) is 16.7 Å². The number of benzene rings is 2. The molecular formula is C19H14N4O2. The number of H-pyrrole nitrogens is 1. The number of pyridine rings is 1. The third-order valence-electron chi connectivity index (χ3n) is 3.83. The van der Waals surface area contributed by atoms with Crippen LogP contribution in [-0.4, -0.2) is 20.4 Å². The van der Waals surface area contributed by atoms with Crippen LogP contribution in [0.3, 0.4) is 0 Å². The molecule has 2 N–H and O–H groups in total. The van der Waals surface area contributed by atoms with E-state index in [-0.39, 0.29) is 17.2 Å². The van der Waals surface area contributed by atoms with Gasteiger partial charge in [-0.2, -0.15) is 0 Å². The second-order valence-corrected chi connectivity index (χ2v) is 5.54. The lowest BCUT2D eigenvalue weighted by molar-refractivity contribution is 0.101. The predicted molar refractivity (Wildman–Crippen MR) is 96.1 cm³/mol. The molecule has 0 atom stereocenters. The first kappa shape index (κ1) is 14.9. The SMILES string of the molecule is O=C(Nc1ccc(-n2ccc(=O)cc2)cc1)c1nc2ccccc2[nH]1. The van der Waals surface area contributed by atoms with Crippen LogP contribution in [0.4, 0.5) is 5.69 Å². The van der Waals surface area contributed by atoms with Crippen LogP contribution in [-0.2, 0) is 0 Å². The molecule has 25 heavy (non-hydrogen) atoms. The molecule has 2 aromatic heterocycles. The van der Waals surface area contributed by atoms with E-state index in [1.54, 1.807) is 24.5 Å². The van der Waals surface area contributed by atoms with Gasteiger partial charge in [0.05, 0.1) is 11.0 Å². The lowest BCUT2D eigenvalue weighted by Gasteiger charge is -2.07. The fourth-order valence-electron chi connectivity index (χ4n) is 2.55.